The number of unbranched alkanes of at least 4 members (excludes halogenated alkanes) is 5. The van der Waals surface area contributed by atoms with Gasteiger partial charge in [-0.2, -0.15) is 0 Å². The number of hydrogen-bond donors (Lipinski definition) is 3. The zero-order valence-corrected chi connectivity index (χ0v) is 15.7. The summed E-state index contributed by atoms with van der Waals surface area (Å²) in [4.78, 5) is 23.1. The molecule has 6 nitrogen and oxygen atoms in total. The van der Waals surface area contributed by atoms with E-state index in [1.165, 1.54) is 32.1 Å². The number of rotatable bonds is 15. The van der Waals surface area contributed by atoms with E-state index in [1.807, 2.05) is 13.8 Å². The minimum absolute atomic E-state index is 0.0430. The second kappa shape index (κ2) is 15.2. The van der Waals surface area contributed by atoms with E-state index in [0.29, 0.717) is 13.2 Å². The van der Waals surface area contributed by atoms with Gasteiger partial charge in [-0.05, 0) is 18.8 Å². The molecule has 0 saturated carbocycles. The van der Waals surface area contributed by atoms with E-state index in [1.54, 1.807) is 0 Å². The van der Waals surface area contributed by atoms with E-state index in [4.69, 9.17) is 10.5 Å². The van der Waals surface area contributed by atoms with Crippen LogP contribution in [0.2, 0.25) is 0 Å². The topological polar surface area (TPSA) is 93.4 Å². The second-order valence-electron chi connectivity index (χ2n) is 6.40. The SMILES string of the molecule is CCCCCCCCOCCCNC(=O)C(NC(N)=O)C(C)CC. The first kappa shape index (κ1) is 22.7. The fourth-order valence-electron chi connectivity index (χ4n) is 2.44. The molecule has 0 radical (unpaired) electrons. The van der Waals surface area contributed by atoms with Crippen molar-refractivity contribution in [3.63, 3.8) is 0 Å². The standard InChI is InChI=1S/C18H37N3O3/c1-4-6-7-8-9-10-13-24-14-11-12-20-17(22)16(15(3)5-2)21-18(19)23/h15-16H,4-14H2,1-3H3,(H,20,22)(H3,19,21,23). The highest BCUT2D eigenvalue weighted by Crippen LogP contribution is 2.08. The van der Waals surface area contributed by atoms with E-state index < -0.39 is 12.1 Å². The monoisotopic (exact) mass is 343 g/mol. The van der Waals surface area contributed by atoms with Crippen molar-refractivity contribution in [2.75, 3.05) is 19.8 Å². The molecule has 0 aromatic carbocycles. The Labute approximate surface area is 147 Å². The van der Waals surface area contributed by atoms with Crippen molar-refractivity contribution >= 4 is 11.9 Å². The highest BCUT2D eigenvalue weighted by atomic mass is 16.5. The number of nitrogens with one attached hydrogen (secondary N) is 2. The first-order valence-electron chi connectivity index (χ1n) is 9.44. The summed E-state index contributed by atoms with van der Waals surface area (Å²) in [6, 6.07) is -1.24. The van der Waals surface area contributed by atoms with Gasteiger partial charge in [-0.15, -0.1) is 0 Å². The van der Waals surface area contributed by atoms with Crippen LogP contribution >= 0.6 is 0 Å². The summed E-state index contributed by atoms with van der Waals surface area (Å²) < 4.78 is 5.57. The number of amides is 3. The molecule has 0 fully saturated rings. The summed E-state index contributed by atoms with van der Waals surface area (Å²) in [6.45, 7) is 8.10. The molecule has 0 spiro atoms. The Bertz CT molecular complexity index is 337. The highest BCUT2D eigenvalue weighted by Gasteiger charge is 2.24. The third kappa shape index (κ3) is 12.2. The van der Waals surface area contributed by atoms with E-state index in [2.05, 4.69) is 17.6 Å². The second-order valence-corrected chi connectivity index (χ2v) is 6.40. The van der Waals surface area contributed by atoms with Crippen molar-refractivity contribution in [3.05, 3.63) is 0 Å². The molecule has 2 atom stereocenters. The molecular weight excluding hydrogens is 306 g/mol. The summed E-state index contributed by atoms with van der Waals surface area (Å²) in [5.41, 5.74) is 5.13. The van der Waals surface area contributed by atoms with Crippen LogP contribution in [0.3, 0.4) is 0 Å². The Morgan fingerprint density at radius 3 is 2.25 bits per heavy atom. The molecule has 0 heterocycles. The first-order chi connectivity index (χ1) is 11.5. The van der Waals surface area contributed by atoms with Crippen molar-refractivity contribution in [2.45, 2.75) is 78.2 Å². The lowest BCUT2D eigenvalue weighted by molar-refractivity contribution is -0.124. The van der Waals surface area contributed by atoms with Crippen LogP contribution in [0.25, 0.3) is 0 Å². The fraction of sp³-hybridized carbons (Fsp3) is 0.889. The predicted octanol–water partition coefficient (Wildman–Crippen LogP) is 2.95. The maximum atomic E-state index is 12.1. The summed E-state index contributed by atoms with van der Waals surface area (Å²) >= 11 is 0. The van der Waals surface area contributed by atoms with E-state index in [0.717, 1.165) is 25.9 Å². The van der Waals surface area contributed by atoms with Crippen molar-refractivity contribution in [2.24, 2.45) is 11.7 Å². The van der Waals surface area contributed by atoms with Gasteiger partial charge in [-0.3, -0.25) is 4.79 Å². The minimum atomic E-state index is -0.669. The normalized spacial score (nSPS) is 13.3. The smallest absolute Gasteiger partial charge is 0.312 e. The number of hydrogen-bond acceptors (Lipinski definition) is 3. The Morgan fingerprint density at radius 2 is 1.62 bits per heavy atom. The third-order valence-corrected chi connectivity index (χ3v) is 4.20. The van der Waals surface area contributed by atoms with Crippen molar-refractivity contribution in [1.82, 2.24) is 10.6 Å². The van der Waals surface area contributed by atoms with Crippen molar-refractivity contribution in [1.29, 1.82) is 0 Å². The largest absolute Gasteiger partial charge is 0.381 e. The molecule has 0 aromatic heterocycles. The molecule has 0 aliphatic carbocycles. The average Bonchev–Trinajstić information content (AvgIpc) is 2.56. The Morgan fingerprint density at radius 1 is 1.00 bits per heavy atom. The van der Waals surface area contributed by atoms with Crippen molar-refractivity contribution < 1.29 is 14.3 Å². The molecule has 3 amide bonds. The van der Waals surface area contributed by atoms with Crippen LogP contribution in [0.4, 0.5) is 4.79 Å². The Balaban J connectivity index is 3.67. The zero-order chi connectivity index (χ0) is 18.2. The molecule has 0 aromatic rings. The van der Waals surface area contributed by atoms with Crippen LogP contribution in [-0.4, -0.2) is 37.7 Å². The molecule has 0 aliphatic heterocycles. The lowest BCUT2D eigenvalue weighted by atomic mass is 9.98. The maximum Gasteiger partial charge on any atom is 0.312 e. The molecule has 142 valence electrons. The van der Waals surface area contributed by atoms with Gasteiger partial charge in [-0.1, -0.05) is 59.3 Å². The van der Waals surface area contributed by atoms with Gasteiger partial charge in [0.1, 0.15) is 6.04 Å². The first-order valence-corrected chi connectivity index (χ1v) is 9.44. The van der Waals surface area contributed by atoms with E-state index in [9.17, 15) is 9.59 Å². The molecule has 4 N–H and O–H groups in total. The van der Waals surface area contributed by atoms with Gasteiger partial charge in [0.2, 0.25) is 5.91 Å². The molecule has 0 aliphatic rings. The van der Waals surface area contributed by atoms with Gasteiger partial charge < -0.3 is 21.1 Å². The average molecular weight is 344 g/mol. The van der Waals surface area contributed by atoms with Crippen LogP contribution in [0.1, 0.15) is 72.1 Å². The molecule has 0 bridgehead atoms. The van der Waals surface area contributed by atoms with Crippen LogP contribution < -0.4 is 16.4 Å². The maximum absolute atomic E-state index is 12.1. The molecule has 0 saturated heterocycles. The number of carbonyl (C=O) groups is 2. The number of primary amides is 1. The minimum Gasteiger partial charge on any atom is -0.381 e. The van der Waals surface area contributed by atoms with Gasteiger partial charge in [0, 0.05) is 19.8 Å². The number of urea groups is 1. The number of nitrogens with two attached hydrogens (primary N) is 1. The van der Waals surface area contributed by atoms with Gasteiger partial charge >= 0.3 is 6.03 Å². The number of ether oxygens (including phenoxy) is 1. The predicted molar refractivity (Wildman–Crippen MR) is 97.8 cm³/mol. The van der Waals surface area contributed by atoms with Crippen LogP contribution in [-0.2, 0) is 9.53 Å². The molecular formula is C18H37N3O3. The zero-order valence-electron chi connectivity index (χ0n) is 15.7. The van der Waals surface area contributed by atoms with E-state index in [-0.39, 0.29) is 11.8 Å². The van der Waals surface area contributed by atoms with E-state index >= 15 is 0 Å². The van der Waals surface area contributed by atoms with Gasteiger partial charge in [0.25, 0.3) is 0 Å². The summed E-state index contributed by atoms with van der Waals surface area (Å²) in [5, 5.41) is 5.35. The van der Waals surface area contributed by atoms with Crippen LogP contribution in [0.15, 0.2) is 0 Å². The summed E-state index contributed by atoms with van der Waals surface area (Å²) in [5.74, 6) is -0.138. The quantitative estimate of drug-likeness (QED) is 0.399. The van der Waals surface area contributed by atoms with Crippen molar-refractivity contribution in [3.8, 4) is 0 Å². The lowest BCUT2D eigenvalue weighted by Crippen LogP contribution is -2.52. The van der Waals surface area contributed by atoms with Crippen LogP contribution in [0, 0.1) is 5.92 Å². The summed E-state index contributed by atoms with van der Waals surface area (Å²) in [7, 11) is 0. The summed E-state index contributed by atoms with van der Waals surface area (Å²) in [6.07, 6.45) is 9.10. The Kier molecular flexibility index (Phi) is 14.4. The third-order valence-electron chi connectivity index (χ3n) is 4.20. The molecule has 2 unspecified atom stereocenters. The molecule has 0 rings (SSSR count). The lowest BCUT2D eigenvalue weighted by Gasteiger charge is -2.22. The van der Waals surface area contributed by atoms with Gasteiger partial charge in [0.15, 0.2) is 0 Å². The molecule has 24 heavy (non-hydrogen) atoms. The number of carbonyl (C=O) groups excluding carboxylic acids is 2. The fourth-order valence-corrected chi connectivity index (χ4v) is 2.44. The van der Waals surface area contributed by atoms with Gasteiger partial charge in [-0.25, -0.2) is 4.79 Å². The van der Waals surface area contributed by atoms with Crippen LogP contribution in [0.5, 0.6) is 0 Å². The highest BCUT2D eigenvalue weighted by molar-refractivity contribution is 5.86. The Hall–Kier alpha value is -1.30. The molecule has 6 heteroatoms. The van der Waals surface area contributed by atoms with Gasteiger partial charge in [0.05, 0.1) is 0 Å².